The van der Waals surface area contributed by atoms with Crippen LogP contribution in [0.15, 0.2) is 0 Å². The minimum Gasteiger partial charge on any atom is -0.316 e. The van der Waals surface area contributed by atoms with E-state index in [0.717, 1.165) is 5.92 Å². The first-order valence-electron chi connectivity index (χ1n) is 4.62. The lowest BCUT2D eigenvalue weighted by molar-refractivity contribution is 0.361. The standard InChI is InChI=1S/C9H20N2S/c1-10-9(7-12-3)8-4-5-11(2)6-8/h8-10H,4-7H2,1-3H3. The molecule has 1 N–H and O–H groups in total. The predicted molar refractivity (Wildman–Crippen MR) is 56.8 cm³/mol. The highest BCUT2D eigenvalue weighted by Gasteiger charge is 2.25. The fourth-order valence-corrected chi connectivity index (χ4v) is 2.73. The molecule has 2 nitrogen and oxygen atoms in total. The molecule has 0 bridgehead atoms. The summed E-state index contributed by atoms with van der Waals surface area (Å²) in [5, 5.41) is 3.42. The van der Waals surface area contributed by atoms with E-state index in [1.807, 2.05) is 11.8 Å². The van der Waals surface area contributed by atoms with Gasteiger partial charge in [-0.1, -0.05) is 0 Å². The number of hydrogen-bond acceptors (Lipinski definition) is 3. The SMILES string of the molecule is CNC(CSC)C1CCN(C)C1. The predicted octanol–water partition coefficient (Wildman–Crippen LogP) is 0.889. The first-order valence-corrected chi connectivity index (χ1v) is 6.02. The number of hydrogen-bond donors (Lipinski definition) is 1. The van der Waals surface area contributed by atoms with E-state index in [4.69, 9.17) is 0 Å². The second-order valence-electron chi connectivity index (χ2n) is 3.66. The van der Waals surface area contributed by atoms with Gasteiger partial charge in [0.2, 0.25) is 0 Å². The van der Waals surface area contributed by atoms with Gasteiger partial charge in [-0.05, 0) is 39.2 Å². The van der Waals surface area contributed by atoms with Crippen LogP contribution in [0.3, 0.4) is 0 Å². The average Bonchev–Trinajstić information content (AvgIpc) is 2.47. The number of thioether (sulfide) groups is 1. The Morgan fingerprint density at radius 2 is 2.42 bits per heavy atom. The molecule has 3 heteroatoms. The topological polar surface area (TPSA) is 15.3 Å². The summed E-state index contributed by atoms with van der Waals surface area (Å²) >= 11 is 1.94. The monoisotopic (exact) mass is 188 g/mol. The maximum absolute atomic E-state index is 3.42. The van der Waals surface area contributed by atoms with Crippen LogP contribution in [-0.2, 0) is 0 Å². The maximum Gasteiger partial charge on any atom is 0.0196 e. The van der Waals surface area contributed by atoms with Gasteiger partial charge in [0, 0.05) is 18.3 Å². The third kappa shape index (κ3) is 2.64. The molecule has 0 amide bonds. The molecule has 1 saturated heterocycles. The van der Waals surface area contributed by atoms with E-state index in [1.54, 1.807) is 0 Å². The van der Waals surface area contributed by atoms with E-state index < -0.39 is 0 Å². The van der Waals surface area contributed by atoms with Crippen molar-refractivity contribution in [3.05, 3.63) is 0 Å². The van der Waals surface area contributed by atoms with E-state index in [9.17, 15) is 0 Å². The molecule has 0 radical (unpaired) electrons. The minimum absolute atomic E-state index is 0.713. The Hall–Kier alpha value is 0.270. The van der Waals surface area contributed by atoms with E-state index >= 15 is 0 Å². The van der Waals surface area contributed by atoms with Gasteiger partial charge < -0.3 is 10.2 Å². The molecule has 0 aromatic carbocycles. The second kappa shape index (κ2) is 5.10. The second-order valence-corrected chi connectivity index (χ2v) is 4.57. The third-order valence-corrected chi connectivity index (χ3v) is 3.41. The molecule has 0 spiro atoms. The lowest BCUT2D eigenvalue weighted by atomic mass is 10.0. The highest BCUT2D eigenvalue weighted by atomic mass is 32.2. The van der Waals surface area contributed by atoms with Crippen molar-refractivity contribution in [1.82, 2.24) is 10.2 Å². The molecule has 1 rings (SSSR count). The summed E-state index contributed by atoms with van der Waals surface area (Å²) < 4.78 is 0. The van der Waals surface area contributed by atoms with E-state index in [0.29, 0.717) is 6.04 Å². The summed E-state index contributed by atoms with van der Waals surface area (Å²) in [6, 6.07) is 0.713. The Balaban J connectivity index is 2.33. The number of nitrogens with zero attached hydrogens (tertiary/aromatic N) is 1. The van der Waals surface area contributed by atoms with Crippen LogP contribution in [0.4, 0.5) is 0 Å². The molecule has 2 atom stereocenters. The molecule has 2 unspecified atom stereocenters. The molecule has 12 heavy (non-hydrogen) atoms. The Bertz CT molecular complexity index is 128. The summed E-state index contributed by atoms with van der Waals surface area (Å²) in [6.45, 7) is 2.54. The highest BCUT2D eigenvalue weighted by molar-refractivity contribution is 7.98. The summed E-state index contributed by atoms with van der Waals surface area (Å²) in [6.07, 6.45) is 3.55. The van der Waals surface area contributed by atoms with Gasteiger partial charge in [0.1, 0.15) is 0 Å². The Labute approximate surface area is 80.1 Å². The number of nitrogens with one attached hydrogen (secondary N) is 1. The average molecular weight is 188 g/mol. The van der Waals surface area contributed by atoms with Crippen LogP contribution in [0.5, 0.6) is 0 Å². The largest absolute Gasteiger partial charge is 0.316 e. The summed E-state index contributed by atoms with van der Waals surface area (Å²) in [5.74, 6) is 2.11. The van der Waals surface area contributed by atoms with Gasteiger partial charge in [0.25, 0.3) is 0 Å². The fourth-order valence-electron chi connectivity index (χ4n) is 1.93. The maximum atomic E-state index is 3.42. The van der Waals surface area contributed by atoms with Gasteiger partial charge in [-0.15, -0.1) is 0 Å². The van der Waals surface area contributed by atoms with Gasteiger partial charge in [0.15, 0.2) is 0 Å². The van der Waals surface area contributed by atoms with Crippen molar-refractivity contribution in [2.45, 2.75) is 12.5 Å². The molecule has 0 saturated carbocycles. The fraction of sp³-hybridized carbons (Fsp3) is 1.00. The van der Waals surface area contributed by atoms with Crippen molar-refractivity contribution < 1.29 is 0 Å². The van der Waals surface area contributed by atoms with Crippen LogP contribution in [0.1, 0.15) is 6.42 Å². The Morgan fingerprint density at radius 1 is 1.67 bits per heavy atom. The molecular weight excluding hydrogens is 168 g/mol. The van der Waals surface area contributed by atoms with E-state index in [1.165, 1.54) is 25.3 Å². The minimum atomic E-state index is 0.713. The van der Waals surface area contributed by atoms with Gasteiger partial charge in [-0.2, -0.15) is 11.8 Å². The van der Waals surface area contributed by atoms with Gasteiger partial charge >= 0.3 is 0 Å². The van der Waals surface area contributed by atoms with Gasteiger partial charge in [0.05, 0.1) is 0 Å². The summed E-state index contributed by atoms with van der Waals surface area (Å²) in [5.41, 5.74) is 0. The zero-order valence-corrected chi connectivity index (χ0v) is 9.16. The zero-order chi connectivity index (χ0) is 8.97. The Morgan fingerprint density at radius 3 is 2.83 bits per heavy atom. The normalized spacial score (nSPS) is 27.8. The Kier molecular flexibility index (Phi) is 4.40. The molecule has 1 aliphatic rings. The van der Waals surface area contributed by atoms with Crippen molar-refractivity contribution in [3.8, 4) is 0 Å². The quantitative estimate of drug-likeness (QED) is 0.705. The van der Waals surface area contributed by atoms with E-state index in [2.05, 4.69) is 30.6 Å². The molecule has 0 aromatic heterocycles. The smallest absolute Gasteiger partial charge is 0.0196 e. The van der Waals surface area contributed by atoms with Crippen molar-refractivity contribution in [2.75, 3.05) is 39.2 Å². The highest BCUT2D eigenvalue weighted by Crippen LogP contribution is 2.19. The molecule has 1 aliphatic heterocycles. The van der Waals surface area contributed by atoms with Crippen molar-refractivity contribution in [2.24, 2.45) is 5.92 Å². The first-order chi connectivity index (χ1) is 5.77. The van der Waals surface area contributed by atoms with Crippen LogP contribution in [0.2, 0.25) is 0 Å². The molecule has 1 heterocycles. The lowest BCUT2D eigenvalue weighted by Gasteiger charge is -2.21. The van der Waals surface area contributed by atoms with Crippen LogP contribution < -0.4 is 5.32 Å². The van der Waals surface area contributed by atoms with Crippen LogP contribution in [0, 0.1) is 5.92 Å². The summed E-state index contributed by atoms with van der Waals surface area (Å²) in [4.78, 5) is 2.43. The van der Waals surface area contributed by atoms with Crippen molar-refractivity contribution >= 4 is 11.8 Å². The summed E-state index contributed by atoms with van der Waals surface area (Å²) in [7, 11) is 4.30. The van der Waals surface area contributed by atoms with Crippen molar-refractivity contribution in [3.63, 3.8) is 0 Å². The molecular formula is C9H20N2S. The third-order valence-electron chi connectivity index (χ3n) is 2.71. The molecule has 0 aromatic rings. The van der Waals surface area contributed by atoms with Crippen LogP contribution >= 0.6 is 11.8 Å². The molecule has 72 valence electrons. The van der Waals surface area contributed by atoms with Gasteiger partial charge in [-0.3, -0.25) is 0 Å². The number of likely N-dealkylation sites (tertiary alicyclic amines) is 1. The van der Waals surface area contributed by atoms with Crippen LogP contribution in [0.25, 0.3) is 0 Å². The van der Waals surface area contributed by atoms with Gasteiger partial charge in [-0.25, -0.2) is 0 Å². The van der Waals surface area contributed by atoms with E-state index in [-0.39, 0.29) is 0 Å². The number of rotatable bonds is 4. The lowest BCUT2D eigenvalue weighted by Crippen LogP contribution is -2.37. The zero-order valence-electron chi connectivity index (χ0n) is 8.34. The molecule has 0 aliphatic carbocycles. The van der Waals surface area contributed by atoms with Crippen LogP contribution in [-0.4, -0.2) is 50.1 Å². The molecule has 1 fully saturated rings. The van der Waals surface area contributed by atoms with Crippen molar-refractivity contribution in [1.29, 1.82) is 0 Å². The first kappa shape index (κ1) is 10.4.